The summed E-state index contributed by atoms with van der Waals surface area (Å²) in [5.74, 6) is -3.23. The number of halogens is 3. The van der Waals surface area contributed by atoms with Gasteiger partial charge in [-0.25, -0.2) is 32.6 Å². The zero-order valence-electron chi connectivity index (χ0n) is 21.3. The predicted octanol–water partition coefficient (Wildman–Crippen LogP) is 4.65. The van der Waals surface area contributed by atoms with Gasteiger partial charge in [0, 0.05) is 53.1 Å². The summed E-state index contributed by atoms with van der Waals surface area (Å²) in [4.78, 5) is 24.7. The lowest BCUT2D eigenvalue weighted by molar-refractivity contribution is 0.0595. The molecule has 4 heterocycles. The van der Waals surface area contributed by atoms with Crippen LogP contribution < -0.4 is 0 Å². The number of carbonyl (C=O) groups is 1. The number of carbonyl (C=O) groups excluding carboxylic acids is 1. The smallest absolute Gasteiger partial charge is 0.340 e. The van der Waals surface area contributed by atoms with Gasteiger partial charge in [0.1, 0.15) is 17.5 Å². The Morgan fingerprint density at radius 3 is 2.52 bits per heavy atom. The highest BCUT2D eigenvalue weighted by molar-refractivity contribution is 5.90. The number of fused-ring (bicyclic) bond motifs is 2. The van der Waals surface area contributed by atoms with Crippen molar-refractivity contribution in [3.8, 4) is 22.4 Å². The van der Waals surface area contributed by atoms with Crippen LogP contribution in [0.2, 0.25) is 0 Å². The summed E-state index contributed by atoms with van der Waals surface area (Å²) < 4.78 is 53.2. The van der Waals surface area contributed by atoms with Crippen LogP contribution in [-0.2, 0) is 11.8 Å². The van der Waals surface area contributed by atoms with Crippen molar-refractivity contribution >= 4 is 28.2 Å². The molecule has 0 amide bonds. The van der Waals surface area contributed by atoms with E-state index in [4.69, 9.17) is 0 Å². The molecule has 0 aliphatic heterocycles. The van der Waals surface area contributed by atoms with Crippen molar-refractivity contribution in [3.05, 3.63) is 83.7 Å². The van der Waals surface area contributed by atoms with Gasteiger partial charge in [0.25, 0.3) is 0 Å². The van der Waals surface area contributed by atoms with Crippen molar-refractivity contribution in [2.75, 3.05) is 7.11 Å². The summed E-state index contributed by atoms with van der Waals surface area (Å²) in [7, 11) is 2.92. The minimum atomic E-state index is -0.987. The molecular weight excluding hydrogens is 525 g/mol. The molecule has 1 atom stereocenters. The van der Waals surface area contributed by atoms with Crippen molar-refractivity contribution in [1.29, 1.82) is 0 Å². The van der Waals surface area contributed by atoms with Crippen LogP contribution in [0, 0.1) is 17.5 Å². The van der Waals surface area contributed by atoms with Gasteiger partial charge in [-0.05, 0) is 25.1 Å². The lowest BCUT2D eigenvalue weighted by Crippen LogP contribution is -2.14. The Bertz CT molecular complexity index is 1950. The van der Waals surface area contributed by atoms with Crippen LogP contribution in [0.4, 0.5) is 13.2 Å². The van der Waals surface area contributed by atoms with Crippen molar-refractivity contribution in [1.82, 2.24) is 39.7 Å². The SMILES string of the molecule is COC(=O)c1ccc(-c2cnc3nnn(C(C)c4c(F)cc5ncc(-c6cnn(C)c6)cc5c4F)c3n2)cc1F. The van der Waals surface area contributed by atoms with E-state index in [0.29, 0.717) is 11.1 Å². The van der Waals surface area contributed by atoms with Gasteiger partial charge in [0.2, 0.25) is 5.65 Å². The van der Waals surface area contributed by atoms with Crippen LogP contribution in [0.5, 0.6) is 0 Å². The fourth-order valence-electron chi connectivity index (χ4n) is 4.53. The zero-order chi connectivity index (χ0) is 28.1. The van der Waals surface area contributed by atoms with Crippen molar-refractivity contribution in [2.24, 2.45) is 7.05 Å². The summed E-state index contributed by atoms with van der Waals surface area (Å²) in [5, 5.41) is 12.3. The number of rotatable bonds is 5. The van der Waals surface area contributed by atoms with Crippen LogP contribution in [0.3, 0.4) is 0 Å². The molecule has 6 aromatic rings. The van der Waals surface area contributed by atoms with E-state index < -0.39 is 29.5 Å². The summed E-state index contributed by atoms with van der Waals surface area (Å²) in [6, 6.07) is 5.65. The van der Waals surface area contributed by atoms with Crippen LogP contribution in [0.15, 0.2) is 55.1 Å². The van der Waals surface area contributed by atoms with Crippen molar-refractivity contribution in [3.63, 3.8) is 0 Å². The average Bonchev–Trinajstić information content (AvgIpc) is 3.58. The molecule has 4 aromatic heterocycles. The van der Waals surface area contributed by atoms with Crippen LogP contribution in [0.25, 0.3) is 44.6 Å². The molecule has 200 valence electrons. The second-order valence-electron chi connectivity index (χ2n) is 9.08. The minimum Gasteiger partial charge on any atom is -0.465 e. The van der Waals surface area contributed by atoms with E-state index in [9.17, 15) is 9.18 Å². The molecule has 0 aliphatic carbocycles. The largest absolute Gasteiger partial charge is 0.465 e. The van der Waals surface area contributed by atoms with Gasteiger partial charge < -0.3 is 4.74 Å². The summed E-state index contributed by atoms with van der Waals surface area (Å²) in [6.07, 6.45) is 6.28. The number of pyridine rings is 1. The van der Waals surface area contributed by atoms with Crippen molar-refractivity contribution < 1.29 is 22.7 Å². The van der Waals surface area contributed by atoms with E-state index >= 15 is 8.78 Å². The van der Waals surface area contributed by atoms with E-state index in [0.717, 1.165) is 18.7 Å². The lowest BCUT2D eigenvalue weighted by Gasteiger charge is -2.16. The average molecular weight is 544 g/mol. The topological polar surface area (TPSA) is 114 Å². The first-order chi connectivity index (χ1) is 19.2. The molecule has 10 nitrogen and oxygen atoms in total. The number of methoxy groups -OCH3 is 1. The van der Waals surface area contributed by atoms with Gasteiger partial charge in [-0.15, -0.1) is 5.10 Å². The van der Waals surface area contributed by atoms with E-state index in [1.807, 2.05) is 0 Å². The quantitative estimate of drug-likeness (QED) is 0.288. The molecule has 0 radical (unpaired) electrons. The molecule has 0 N–H and O–H groups in total. The monoisotopic (exact) mass is 544 g/mol. The third-order valence-corrected chi connectivity index (χ3v) is 6.59. The number of nitrogens with zero attached hydrogens (tertiary/aromatic N) is 8. The number of ether oxygens (including phenoxy) is 1. The van der Waals surface area contributed by atoms with Crippen molar-refractivity contribution in [2.45, 2.75) is 13.0 Å². The molecule has 40 heavy (non-hydrogen) atoms. The minimum absolute atomic E-state index is 0.127. The van der Waals surface area contributed by atoms with Gasteiger partial charge in [0.15, 0.2) is 5.65 Å². The summed E-state index contributed by atoms with van der Waals surface area (Å²) in [6.45, 7) is 1.55. The maximum absolute atomic E-state index is 15.9. The molecule has 0 bridgehead atoms. The van der Waals surface area contributed by atoms with Gasteiger partial charge in [0.05, 0.1) is 42.3 Å². The number of hydrogen-bond acceptors (Lipinski definition) is 8. The molecule has 2 aromatic carbocycles. The van der Waals surface area contributed by atoms with Crippen LogP contribution in [-0.4, -0.2) is 52.8 Å². The lowest BCUT2D eigenvalue weighted by atomic mass is 10.0. The molecule has 0 spiro atoms. The number of benzene rings is 2. The molecule has 13 heteroatoms. The third-order valence-electron chi connectivity index (χ3n) is 6.59. The number of aromatic nitrogens is 8. The summed E-state index contributed by atoms with van der Waals surface area (Å²) in [5.41, 5.74) is 1.83. The Morgan fingerprint density at radius 2 is 1.80 bits per heavy atom. The van der Waals surface area contributed by atoms with Gasteiger partial charge in [-0.3, -0.25) is 9.67 Å². The highest BCUT2D eigenvalue weighted by Crippen LogP contribution is 2.33. The number of hydrogen-bond donors (Lipinski definition) is 0. The highest BCUT2D eigenvalue weighted by atomic mass is 19.1. The standard InChI is InChI=1S/C27H19F3N8O2/c1-13(23-20(29)8-21-18(24(23)30)6-15(9-31-21)16-10-33-37(2)12-16)38-26-25(35-36-38)32-11-22(34-26)14-4-5-17(19(28)7-14)27(39)40-3/h4-13H,1-3H3. The molecule has 0 saturated carbocycles. The van der Waals surface area contributed by atoms with Crippen LogP contribution in [0.1, 0.15) is 28.9 Å². The highest BCUT2D eigenvalue weighted by Gasteiger charge is 2.25. The second-order valence-corrected chi connectivity index (χ2v) is 9.08. The van der Waals surface area contributed by atoms with Crippen LogP contribution >= 0.6 is 0 Å². The van der Waals surface area contributed by atoms with Gasteiger partial charge in [-0.1, -0.05) is 11.3 Å². The maximum Gasteiger partial charge on any atom is 0.340 e. The second kappa shape index (κ2) is 9.52. The molecule has 0 aliphatic rings. The summed E-state index contributed by atoms with van der Waals surface area (Å²) >= 11 is 0. The maximum atomic E-state index is 15.9. The first-order valence-electron chi connectivity index (χ1n) is 12.0. The fourth-order valence-corrected chi connectivity index (χ4v) is 4.53. The van der Waals surface area contributed by atoms with Gasteiger partial charge >= 0.3 is 5.97 Å². The molecule has 1 unspecified atom stereocenters. The van der Waals surface area contributed by atoms with E-state index in [2.05, 4.69) is 35.1 Å². The molecular formula is C27H19F3N8O2. The molecule has 0 fully saturated rings. The Balaban J connectivity index is 1.43. The normalized spacial score (nSPS) is 12.2. The predicted molar refractivity (Wildman–Crippen MR) is 138 cm³/mol. The Kier molecular flexibility index (Phi) is 5.97. The zero-order valence-corrected chi connectivity index (χ0v) is 21.3. The Labute approximate surface area is 224 Å². The Hall–Kier alpha value is -5.20. The van der Waals surface area contributed by atoms with E-state index in [-0.39, 0.29) is 39.0 Å². The number of aryl methyl sites for hydroxylation is 1. The van der Waals surface area contributed by atoms with E-state index in [1.165, 1.54) is 35.3 Å². The number of esters is 1. The van der Waals surface area contributed by atoms with Gasteiger partial charge in [-0.2, -0.15) is 5.10 Å². The first-order valence-corrected chi connectivity index (χ1v) is 12.0. The first kappa shape index (κ1) is 25.1. The Morgan fingerprint density at radius 1 is 0.975 bits per heavy atom. The molecule has 6 rings (SSSR count). The van der Waals surface area contributed by atoms with E-state index in [1.54, 1.807) is 37.1 Å². The third kappa shape index (κ3) is 4.11. The fraction of sp³-hybridized carbons (Fsp3) is 0.148. The molecule has 0 saturated heterocycles.